The number of halogens is 2. The highest BCUT2D eigenvalue weighted by molar-refractivity contribution is 9.10. The third-order valence-electron chi connectivity index (χ3n) is 3.05. The molecule has 0 aliphatic rings. The molecule has 0 aliphatic heterocycles. The maximum atomic E-state index is 11.8. The lowest BCUT2D eigenvalue weighted by Gasteiger charge is -2.13. The summed E-state index contributed by atoms with van der Waals surface area (Å²) in [6.07, 6.45) is 1.19. The Morgan fingerprint density at radius 1 is 1.24 bits per heavy atom. The van der Waals surface area contributed by atoms with Crippen LogP contribution in [0.25, 0.3) is 0 Å². The topological polar surface area (TPSA) is 46.2 Å². The minimum absolute atomic E-state index is 0.256. The van der Waals surface area contributed by atoms with Gasteiger partial charge in [-0.3, -0.25) is 0 Å². The van der Waals surface area contributed by atoms with E-state index in [1.54, 1.807) is 18.2 Å². The Hall–Kier alpha value is -1.04. The summed E-state index contributed by atoms with van der Waals surface area (Å²) < 4.78 is 24.6. The summed E-state index contributed by atoms with van der Waals surface area (Å²) >= 11 is 9.62. The van der Waals surface area contributed by atoms with E-state index < -0.39 is 9.84 Å². The SMILES string of the molecule is Cc1ccc(Br)c(NCc2c(Cl)cccc2S(C)(=O)=O)c1. The summed E-state index contributed by atoms with van der Waals surface area (Å²) in [4.78, 5) is 0.256. The predicted octanol–water partition coefficient (Wildman–Crippen LogP) is 4.43. The first-order valence-electron chi connectivity index (χ1n) is 6.26. The quantitative estimate of drug-likeness (QED) is 0.843. The number of sulfone groups is 1. The lowest BCUT2D eigenvalue weighted by Crippen LogP contribution is -2.08. The van der Waals surface area contributed by atoms with Gasteiger partial charge in [0.15, 0.2) is 9.84 Å². The van der Waals surface area contributed by atoms with Crippen molar-refractivity contribution in [1.82, 2.24) is 0 Å². The average molecular weight is 389 g/mol. The molecule has 3 nitrogen and oxygen atoms in total. The van der Waals surface area contributed by atoms with Gasteiger partial charge in [0.1, 0.15) is 0 Å². The fraction of sp³-hybridized carbons (Fsp3) is 0.200. The Balaban J connectivity index is 2.34. The molecule has 21 heavy (non-hydrogen) atoms. The third-order valence-corrected chi connectivity index (χ3v) is 5.28. The Morgan fingerprint density at radius 3 is 2.62 bits per heavy atom. The van der Waals surface area contributed by atoms with Gasteiger partial charge in [-0.2, -0.15) is 0 Å². The van der Waals surface area contributed by atoms with Crippen LogP contribution in [-0.2, 0) is 16.4 Å². The number of hydrogen-bond donors (Lipinski definition) is 1. The van der Waals surface area contributed by atoms with Crippen molar-refractivity contribution >= 4 is 43.1 Å². The van der Waals surface area contributed by atoms with E-state index in [0.717, 1.165) is 15.7 Å². The van der Waals surface area contributed by atoms with Crippen molar-refractivity contribution in [2.45, 2.75) is 18.4 Å². The van der Waals surface area contributed by atoms with E-state index in [4.69, 9.17) is 11.6 Å². The fourth-order valence-corrected chi connectivity index (χ4v) is 3.66. The Kier molecular flexibility index (Phi) is 4.96. The summed E-state index contributed by atoms with van der Waals surface area (Å²) in [5, 5.41) is 3.67. The molecule has 0 saturated heterocycles. The summed E-state index contributed by atoms with van der Waals surface area (Å²) in [6, 6.07) is 10.8. The minimum atomic E-state index is -3.31. The normalized spacial score (nSPS) is 11.4. The molecule has 0 aromatic heterocycles. The summed E-state index contributed by atoms with van der Waals surface area (Å²) in [6.45, 7) is 2.33. The van der Waals surface area contributed by atoms with E-state index in [2.05, 4.69) is 21.2 Å². The molecule has 0 amide bonds. The van der Waals surface area contributed by atoms with Crippen LogP contribution in [0, 0.1) is 6.92 Å². The van der Waals surface area contributed by atoms with Gasteiger partial charge in [-0.25, -0.2) is 8.42 Å². The van der Waals surface area contributed by atoms with Gasteiger partial charge in [0.25, 0.3) is 0 Å². The first-order valence-corrected chi connectivity index (χ1v) is 9.33. The van der Waals surface area contributed by atoms with Gasteiger partial charge in [-0.1, -0.05) is 23.7 Å². The van der Waals surface area contributed by atoms with Crippen molar-refractivity contribution in [3.8, 4) is 0 Å². The highest BCUT2D eigenvalue weighted by Gasteiger charge is 2.15. The second-order valence-electron chi connectivity index (χ2n) is 4.83. The number of rotatable bonds is 4. The molecule has 0 bridgehead atoms. The number of anilines is 1. The zero-order chi connectivity index (χ0) is 15.6. The molecule has 0 aliphatic carbocycles. The van der Waals surface area contributed by atoms with Crippen LogP contribution in [0.1, 0.15) is 11.1 Å². The molecule has 0 radical (unpaired) electrons. The van der Waals surface area contributed by atoms with E-state index in [-0.39, 0.29) is 4.90 Å². The fourth-order valence-electron chi connectivity index (χ4n) is 2.02. The third kappa shape index (κ3) is 3.99. The van der Waals surface area contributed by atoms with E-state index >= 15 is 0 Å². The molecule has 2 aromatic carbocycles. The van der Waals surface area contributed by atoms with Gasteiger partial charge < -0.3 is 5.32 Å². The first kappa shape index (κ1) is 16.3. The molecular weight excluding hydrogens is 374 g/mol. The second-order valence-corrected chi connectivity index (χ2v) is 8.07. The number of benzene rings is 2. The summed E-state index contributed by atoms with van der Waals surface area (Å²) in [7, 11) is -3.31. The van der Waals surface area contributed by atoms with Gasteiger partial charge in [0.2, 0.25) is 0 Å². The molecule has 112 valence electrons. The Morgan fingerprint density at radius 2 is 1.95 bits per heavy atom. The van der Waals surface area contributed by atoms with Crippen molar-refractivity contribution in [3.63, 3.8) is 0 Å². The highest BCUT2D eigenvalue weighted by Crippen LogP contribution is 2.28. The van der Waals surface area contributed by atoms with Crippen molar-refractivity contribution in [1.29, 1.82) is 0 Å². The van der Waals surface area contributed by atoms with Crippen molar-refractivity contribution in [2.75, 3.05) is 11.6 Å². The van der Waals surface area contributed by atoms with Gasteiger partial charge in [-0.15, -0.1) is 0 Å². The Bertz CT molecular complexity index is 775. The molecule has 0 saturated carbocycles. The van der Waals surface area contributed by atoms with Crippen molar-refractivity contribution in [3.05, 3.63) is 57.0 Å². The van der Waals surface area contributed by atoms with Crippen LogP contribution >= 0.6 is 27.5 Å². The second kappa shape index (κ2) is 6.38. The molecule has 0 fully saturated rings. The molecule has 6 heteroatoms. The van der Waals surface area contributed by atoms with Crippen LogP contribution < -0.4 is 5.32 Å². The van der Waals surface area contributed by atoms with Gasteiger partial charge in [-0.05, 0) is 52.7 Å². The lowest BCUT2D eigenvalue weighted by atomic mass is 10.2. The van der Waals surface area contributed by atoms with Crippen LogP contribution in [0.5, 0.6) is 0 Å². The molecule has 0 atom stereocenters. The van der Waals surface area contributed by atoms with Gasteiger partial charge in [0, 0.05) is 33.5 Å². The highest BCUT2D eigenvalue weighted by atomic mass is 79.9. The standard InChI is InChI=1S/C15H15BrClNO2S/c1-10-6-7-12(16)14(8-10)18-9-11-13(17)4-3-5-15(11)21(2,19)20/h3-8,18H,9H2,1-2H3. The largest absolute Gasteiger partial charge is 0.380 e. The summed E-state index contributed by atoms with van der Waals surface area (Å²) in [5.41, 5.74) is 2.59. The van der Waals surface area contributed by atoms with Crippen LogP contribution in [-0.4, -0.2) is 14.7 Å². The molecule has 0 spiro atoms. The van der Waals surface area contributed by atoms with E-state index in [1.807, 2.05) is 25.1 Å². The molecular formula is C15H15BrClNO2S. The monoisotopic (exact) mass is 387 g/mol. The molecule has 2 aromatic rings. The summed E-state index contributed by atoms with van der Waals surface area (Å²) in [5.74, 6) is 0. The molecule has 0 heterocycles. The number of hydrogen-bond acceptors (Lipinski definition) is 3. The van der Waals surface area contributed by atoms with E-state index in [9.17, 15) is 8.42 Å². The van der Waals surface area contributed by atoms with Crippen LogP contribution in [0.2, 0.25) is 5.02 Å². The zero-order valence-electron chi connectivity index (χ0n) is 11.7. The van der Waals surface area contributed by atoms with Crippen LogP contribution in [0.15, 0.2) is 45.8 Å². The number of nitrogens with one attached hydrogen (secondary N) is 1. The smallest absolute Gasteiger partial charge is 0.175 e. The van der Waals surface area contributed by atoms with E-state index in [0.29, 0.717) is 17.1 Å². The molecule has 0 unspecified atom stereocenters. The molecule has 2 rings (SSSR count). The van der Waals surface area contributed by atoms with E-state index in [1.165, 1.54) is 6.26 Å². The van der Waals surface area contributed by atoms with Crippen molar-refractivity contribution < 1.29 is 8.42 Å². The average Bonchev–Trinajstić information content (AvgIpc) is 2.39. The zero-order valence-corrected chi connectivity index (χ0v) is 14.8. The molecule has 1 N–H and O–H groups in total. The number of aryl methyl sites for hydroxylation is 1. The van der Waals surface area contributed by atoms with Crippen LogP contribution in [0.3, 0.4) is 0 Å². The van der Waals surface area contributed by atoms with Gasteiger partial charge >= 0.3 is 0 Å². The minimum Gasteiger partial charge on any atom is -0.380 e. The van der Waals surface area contributed by atoms with Crippen molar-refractivity contribution in [2.24, 2.45) is 0 Å². The maximum Gasteiger partial charge on any atom is 0.175 e. The Labute approximate surface area is 138 Å². The lowest BCUT2D eigenvalue weighted by molar-refractivity contribution is 0.601. The predicted molar refractivity (Wildman–Crippen MR) is 90.8 cm³/mol. The van der Waals surface area contributed by atoms with Gasteiger partial charge in [0.05, 0.1) is 4.90 Å². The van der Waals surface area contributed by atoms with Crippen LogP contribution in [0.4, 0.5) is 5.69 Å². The first-order chi connectivity index (χ1) is 9.79. The maximum absolute atomic E-state index is 11.8.